The second kappa shape index (κ2) is 5.60. The Morgan fingerprint density at radius 3 is 3.05 bits per heavy atom. The van der Waals surface area contributed by atoms with Crippen molar-refractivity contribution in [1.29, 1.82) is 0 Å². The van der Waals surface area contributed by atoms with E-state index in [1.807, 2.05) is 30.1 Å². The molecule has 0 aliphatic carbocycles. The lowest BCUT2D eigenvalue weighted by molar-refractivity contribution is 0.545. The molecule has 0 spiro atoms. The van der Waals surface area contributed by atoms with E-state index in [9.17, 15) is 0 Å². The van der Waals surface area contributed by atoms with Crippen molar-refractivity contribution in [2.75, 3.05) is 0 Å². The van der Waals surface area contributed by atoms with Crippen molar-refractivity contribution in [3.8, 4) is 10.6 Å². The van der Waals surface area contributed by atoms with Crippen LogP contribution in [0.5, 0.6) is 0 Å². The zero-order chi connectivity index (χ0) is 13.9. The van der Waals surface area contributed by atoms with Gasteiger partial charge in [-0.1, -0.05) is 6.07 Å². The molecule has 0 aliphatic rings. The van der Waals surface area contributed by atoms with E-state index in [1.165, 1.54) is 4.88 Å². The Bertz CT molecular complexity index is 667. The average Bonchev–Trinajstić information content (AvgIpc) is 3.16. The van der Waals surface area contributed by atoms with Crippen molar-refractivity contribution in [3.05, 3.63) is 47.2 Å². The molecular weight excluding hydrogens is 270 g/mol. The molecule has 104 valence electrons. The minimum atomic E-state index is 0.213. The Balaban J connectivity index is 1.61. The molecule has 3 aromatic heterocycles. The monoisotopic (exact) mass is 287 g/mol. The first kappa shape index (κ1) is 13.1. The summed E-state index contributed by atoms with van der Waals surface area (Å²) in [5.74, 6) is 0. The van der Waals surface area contributed by atoms with Crippen LogP contribution in [-0.2, 0) is 13.6 Å². The summed E-state index contributed by atoms with van der Waals surface area (Å²) in [6, 6.07) is 8.44. The normalized spacial score (nSPS) is 12.7. The van der Waals surface area contributed by atoms with Gasteiger partial charge in [-0.15, -0.1) is 11.3 Å². The van der Waals surface area contributed by atoms with Crippen LogP contribution in [0.2, 0.25) is 0 Å². The van der Waals surface area contributed by atoms with Crippen LogP contribution >= 0.6 is 11.3 Å². The number of thiophene rings is 1. The first-order valence-corrected chi connectivity index (χ1v) is 7.41. The van der Waals surface area contributed by atoms with Crippen LogP contribution in [0.1, 0.15) is 24.4 Å². The standard InChI is InChI=1S/C14H17N5S/c1-10(12-5-6-19(2)18-12)15-9-11-8-13(17-16-11)14-4-3-7-20-14/h3-8,10,15H,9H2,1-2H3,(H,16,17). The molecule has 0 bridgehead atoms. The molecular formula is C14H17N5S. The Hall–Kier alpha value is -1.92. The van der Waals surface area contributed by atoms with Crippen LogP contribution in [0.4, 0.5) is 0 Å². The maximum Gasteiger partial charge on any atom is 0.102 e. The van der Waals surface area contributed by atoms with E-state index in [0.29, 0.717) is 0 Å². The molecule has 3 aromatic rings. The molecule has 0 saturated carbocycles. The number of nitrogens with one attached hydrogen (secondary N) is 2. The van der Waals surface area contributed by atoms with E-state index >= 15 is 0 Å². The minimum absolute atomic E-state index is 0.213. The molecule has 3 rings (SSSR count). The van der Waals surface area contributed by atoms with Gasteiger partial charge in [0.05, 0.1) is 10.6 Å². The molecule has 0 saturated heterocycles. The van der Waals surface area contributed by atoms with E-state index in [4.69, 9.17) is 0 Å². The number of H-pyrrole nitrogens is 1. The third-order valence-corrected chi connectivity index (χ3v) is 4.07. The van der Waals surface area contributed by atoms with Crippen molar-refractivity contribution in [3.63, 3.8) is 0 Å². The number of rotatable bonds is 5. The summed E-state index contributed by atoms with van der Waals surface area (Å²) >= 11 is 1.70. The smallest absolute Gasteiger partial charge is 0.102 e. The van der Waals surface area contributed by atoms with Crippen molar-refractivity contribution >= 4 is 11.3 Å². The lowest BCUT2D eigenvalue weighted by atomic mass is 10.2. The number of aromatic amines is 1. The fraction of sp³-hybridized carbons (Fsp3) is 0.286. The average molecular weight is 287 g/mol. The maximum absolute atomic E-state index is 4.40. The predicted molar refractivity (Wildman–Crippen MR) is 80.4 cm³/mol. The van der Waals surface area contributed by atoms with Crippen LogP contribution in [0.15, 0.2) is 35.8 Å². The number of aromatic nitrogens is 4. The topological polar surface area (TPSA) is 58.5 Å². The van der Waals surface area contributed by atoms with Gasteiger partial charge in [-0.3, -0.25) is 9.78 Å². The maximum atomic E-state index is 4.40. The van der Waals surface area contributed by atoms with Gasteiger partial charge in [0, 0.05) is 31.5 Å². The quantitative estimate of drug-likeness (QED) is 0.758. The second-order valence-corrected chi connectivity index (χ2v) is 5.72. The molecule has 0 amide bonds. The van der Waals surface area contributed by atoms with Crippen LogP contribution in [0.3, 0.4) is 0 Å². The molecule has 0 aromatic carbocycles. The third-order valence-electron chi connectivity index (χ3n) is 3.18. The predicted octanol–water partition coefficient (Wildman–Crippen LogP) is 2.72. The first-order chi connectivity index (χ1) is 9.72. The Morgan fingerprint density at radius 1 is 1.45 bits per heavy atom. The summed E-state index contributed by atoms with van der Waals surface area (Å²) in [4.78, 5) is 1.19. The number of hydrogen-bond donors (Lipinski definition) is 2. The van der Waals surface area contributed by atoms with E-state index < -0.39 is 0 Å². The van der Waals surface area contributed by atoms with Gasteiger partial charge in [0.1, 0.15) is 5.69 Å². The van der Waals surface area contributed by atoms with Gasteiger partial charge >= 0.3 is 0 Å². The van der Waals surface area contributed by atoms with Crippen LogP contribution < -0.4 is 5.32 Å². The highest BCUT2D eigenvalue weighted by Crippen LogP contribution is 2.23. The molecule has 0 fully saturated rings. The molecule has 3 heterocycles. The zero-order valence-corrected chi connectivity index (χ0v) is 12.3. The number of hydrogen-bond acceptors (Lipinski definition) is 4. The fourth-order valence-corrected chi connectivity index (χ4v) is 2.72. The molecule has 0 aliphatic heterocycles. The molecule has 2 N–H and O–H groups in total. The summed E-state index contributed by atoms with van der Waals surface area (Å²) < 4.78 is 1.82. The summed E-state index contributed by atoms with van der Waals surface area (Å²) in [7, 11) is 1.93. The van der Waals surface area contributed by atoms with Crippen molar-refractivity contribution in [2.45, 2.75) is 19.5 Å². The van der Waals surface area contributed by atoms with E-state index in [-0.39, 0.29) is 6.04 Å². The van der Waals surface area contributed by atoms with Gasteiger partial charge < -0.3 is 5.32 Å². The number of nitrogens with zero attached hydrogens (tertiary/aromatic N) is 3. The van der Waals surface area contributed by atoms with Crippen molar-refractivity contribution in [1.82, 2.24) is 25.3 Å². The molecule has 20 heavy (non-hydrogen) atoms. The largest absolute Gasteiger partial charge is 0.303 e. The SMILES string of the molecule is CC(NCc1cc(-c2cccs2)n[nH]1)c1ccn(C)n1. The highest BCUT2D eigenvalue weighted by atomic mass is 32.1. The fourth-order valence-electron chi connectivity index (χ4n) is 2.03. The minimum Gasteiger partial charge on any atom is -0.303 e. The summed E-state index contributed by atoms with van der Waals surface area (Å²) in [6.45, 7) is 2.86. The van der Waals surface area contributed by atoms with E-state index in [1.54, 1.807) is 11.3 Å². The van der Waals surface area contributed by atoms with Crippen LogP contribution in [0.25, 0.3) is 10.6 Å². The second-order valence-electron chi connectivity index (χ2n) is 4.77. The van der Waals surface area contributed by atoms with Crippen molar-refractivity contribution in [2.24, 2.45) is 7.05 Å². The zero-order valence-electron chi connectivity index (χ0n) is 11.5. The summed E-state index contributed by atoms with van der Waals surface area (Å²) in [5.41, 5.74) is 3.13. The van der Waals surface area contributed by atoms with Gasteiger partial charge in [-0.05, 0) is 30.5 Å². The van der Waals surface area contributed by atoms with Crippen LogP contribution in [-0.4, -0.2) is 20.0 Å². The Morgan fingerprint density at radius 2 is 2.35 bits per heavy atom. The van der Waals surface area contributed by atoms with Crippen LogP contribution in [0, 0.1) is 0 Å². The van der Waals surface area contributed by atoms with Gasteiger partial charge in [0.15, 0.2) is 0 Å². The molecule has 5 nitrogen and oxygen atoms in total. The molecule has 1 unspecified atom stereocenters. The highest BCUT2D eigenvalue weighted by Gasteiger charge is 2.09. The molecule has 1 atom stereocenters. The van der Waals surface area contributed by atoms with Gasteiger partial charge in [-0.2, -0.15) is 10.2 Å². The number of aryl methyl sites for hydroxylation is 1. The summed E-state index contributed by atoms with van der Waals surface area (Å²) in [6.07, 6.45) is 1.96. The first-order valence-electron chi connectivity index (χ1n) is 6.53. The van der Waals surface area contributed by atoms with E-state index in [2.05, 4.69) is 45.0 Å². The third kappa shape index (κ3) is 2.81. The lowest BCUT2D eigenvalue weighted by Gasteiger charge is -2.09. The van der Waals surface area contributed by atoms with Gasteiger partial charge in [-0.25, -0.2) is 0 Å². The van der Waals surface area contributed by atoms with Crippen molar-refractivity contribution < 1.29 is 0 Å². The van der Waals surface area contributed by atoms with E-state index in [0.717, 1.165) is 23.6 Å². The van der Waals surface area contributed by atoms with Gasteiger partial charge in [0.2, 0.25) is 0 Å². The Kier molecular flexibility index (Phi) is 3.66. The lowest BCUT2D eigenvalue weighted by Crippen LogP contribution is -2.18. The van der Waals surface area contributed by atoms with Gasteiger partial charge in [0.25, 0.3) is 0 Å². The highest BCUT2D eigenvalue weighted by molar-refractivity contribution is 7.13. The molecule has 0 radical (unpaired) electrons. The Labute approximate surface area is 121 Å². The summed E-state index contributed by atoms with van der Waals surface area (Å²) in [5, 5.41) is 17.3. The molecule has 6 heteroatoms.